The number of amides is 2. The van der Waals surface area contributed by atoms with Crippen LogP contribution in [0.5, 0.6) is 11.5 Å². The van der Waals surface area contributed by atoms with Crippen molar-refractivity contribution in [2.75, 3.05) is 13.7 Å². The number of nitro benzene ring substituents is 1. The molecule has 0 aromatic heterocycles. The lowest BCUT2D eigenvalue weighted by Gasteiger charge is -2.32. The molecule has 0 unspecified atom stereocenters. The molecule has 1 aliphatic carbocycles. The van der Waals surface area contributed by atoms with Crippen LogP contribution in [-0.2, 0) is 16.1 Å². The Morgan fingerprint density at radius 2 is 1.86 bits per heavy atom. The van der Waals surface area contributed by atoms with Crippen molar-refractivity contribution in [2.24, 2.45) is 0 Å². The summed E-state index contributed by atoms with van der Waals surface area (Å²) in [6.45, 7) is 1.59. The van der Waals surface area contributed by atoms with Crippen LogP contribution < -0.4 is 14.8 Å². The number of hydrogen-bond acceptors (Lipinski definition) is 6. The van der Waals surface area contributed by atoms with Gasteiger partial charge in [-0.15, -0.1) is 0 Å². The minimum Gasteiger partial charge on any atom is -0.490 e. The minimum absolute atomic E-state index is 0.0147. The second-order valence-corrected chi connectivity index (χ2v) is 9.73. The Morgan fingerprint density at radius 3 is 2.49 bits per heavy atom. The predicted octanol–water partition coefficient (Wildman–Crippen LogP) is 5.55. The van der Waals surface area contributed by atoms with Crippen molar-refractivity contribution in [2.45, 2.75) is 64.1 Å². The SMILES string of the molecule is CC[C@H](C(=O)NC1CCCCC1)N(Cc1ccc(Cl)c(Cl)c1)C(=O)COc1ccc([N+](=O)[O-])c(OC)c1. The second-order valence-electron chi connectivity index (χ2n) is 8.92. The van der Waals surface area contributed by atoms with E-state index in [-0.39, 0.29) is 42.3 Å². The van der Waals surface area contributed by atoms with Gasteiger partial charge >= 0.3 is 5.69 Å². The Kier molecular flexibility index (Phi) is 10.4. The van der Waals surface area contributed by atoms with Gasteiger partial charge in [0.25, 0.3) is 5.91 Å². The van der Waals surface area contributed by atoms with Gasteiger partial charge < -0.3 is 19.7 Å². The Morgan fingerprint density at radius 1 is 1.14 bits per heavy atom. The largest absolute Gasteiger partial charge is 0.490 e. The van der Waals surface area contributed by atoms with E-state index >= 15 is 0 Å². The molecule has 1 aliphatic rings. The Hall–Kier alpha value is -3.04. The van der Waals surface area contributed by atoms with Crippen molar-refractivity contribution in [3.8, 4) is 11.5 Å². The van der Waals surface area contributed by atoms with E-state index in [1.165, 1.54) is 30.2 Å². The fraction of sp³-hybridized carbons (Fsp3) is 0.462. The monoisotopic (exact) mass is 551 g/mol. The lowest BCUT2D eigenvalue weighted by molar-refractivity contribution is -0.385. The van der Waals surface area contributed by atoms with Crippen molar-refractivity contribution in [1.82, 2.24) is 10.2 Å². The fourth-order valence-corrected chi connectivity index (χ4v) is 4.75. The second kappa shape index (κ2) is 13.5. The molecule has 2 amide bonds. The van der Waals surface area contributed by atoms with Crippen LogP contribution in [0.3, 0.4) is 0 Å². The molecule has 0 saturated heterocycles. The summed E-state index contributed by atoms with van der Waals surface area (Å²) in [7, 11) is 1.31. The summed E-state index contributed by atoms with van der Waals surface area (Å²) in [4.78, 5) is 38.8. The van der Waals surface area contributed by atoms with Crippen LogP contribution in [0.15, 0.2) is 36.4 Å². The van der Waals surface area contributed by atoms with Gasteiger partial charge in [-0.1, -0.05) is 55.5 Å². The Bertz CT molecular complexity index is 1120. The Balaban J connectivity index is 1.80. The first-order valence-corrected chi connectivity index (χ1v) is 13.0. The zero-order valence-corrected chi connectivity index (χ0v) is 22.4. The molecule has 0 spiro atoms. The zero-order valence-electron chi connectivity index (χ0n) is 20.9. The number of carbonyl (C=O) groups excluding carboxylic acids is 2. The summed E-state index contributed by atoms with van der Waals surface area (Å²) in [5.41, 5.74) is 0.497. The van der Waals surface area contributed by atoms with Gasteiger partial charge in [0, 0.05) is 24.7 Å². The van der Waals surface area contributed by atoms with E-state index in [0.29, 0.717) is 22.0 Å². The van der Waals surface area contributed by atoms with Crippen LogP contribution in [-0.4, -0.2) is 47.4 Å². The summed E-state index contributed by atoms with van der Waals surface area (Å²) in [5, 5.41) is 15.0. The fourth-order valence-electron chi connectivity index (χ4n) is 4.43. The number of methoxy groups -OCH3 is 1. The van der Waals surface area contributed by atoms with Gasteiger partial charge in [0.2, 0.25) is 11.7 Å². The van der Waals surface area contributed by atoms with Gasteiger partial charge in [-0.05, 0) is 43.0 Å². The Labute approximate surface area is 226 Å². The van der Waals surface area contributed by atoms with Crippen LogP contribution in [0.4, 0.5) is 5.69 Å². The number of nitrogens with zero attached hydrogens (tertiary/aromatic N) is 2. The molecule has 0 radical (unpaired) electrons. The van der Waals surface area contributed by atoms with Gasteiger partial charge in [0.05, 0.1) is 22.1 Å². The number of benzene rings is 2. The van der Waals surface area contributed by atoms with Gasteiger partial charge in [-0.3, -0.25) is 19.7 Å². The topological polar surface area (TPSA) is 111 Å². The number of halogens is 2. The number of carbonyl (C=O) groups is 2. The highest BCUT2D eigenvalue weighted by molar-refractivity contribution is 6.42. The normalized spacial score (nSPS) is 14.5. The van der Waals surface area contributed by atoms with E-state index in [1.54, 1.807) is 18.2 Å². The van der Waals surface area contributed by atoms with Crippen LogP contribution in [0.1, 0.15) is 51.0 Å². The van der Waals surface area contributed by atoms with E-state index in [1.807, 2.05) is 6.92 Å². The first-order chi connectivity index (χ1) is 17.7. The maximum atomic E-state index is 13.4. The van der Waals surface area contributed by atoms with Gasteiger partial charge in [-0.25, -0.2) is 0 Å². The maximum absolute atomic E-state index is 13.4. The molecule has 1 fully saturated rings. The molecule has 2 aromatic rings. The quantitative estimate of drug-likeness (QED) is 0.289. The molecule has 200 valence electrons. The van der Waals surface area contributed by atoms with Gasteiger partial charge in [0.1, 0.15) is 11.8 Å². The number of rotatable bonds is 11. The summed E-state index contributed by atoms with van der Waals surface area (Å²) in [5.74, 6) is -0.389. The van der Waals surface area contributed by atoms with Crippen LogP contribution in [0.25, 0.3) is 0 Å². The summed E-state index contributed by atoms with van der Waals surface area (Å²) in [6.07, 6.45) is 5.55. The van der Waals surface area contributed by atoms with E-state index in [0.717, 1.165) is 32.1 Å². The summed E-state index contributed by atoms with van der Waals surface area (Å²) >= 11 is 12.2. The van der Waals surface area contributed by atoms with E-state index in [2.05, 4.69) is 5.32 Å². The molecule has 3 rings (SSSR count). The first kappa shape index (κ1) is 28.5. The standard InChI is InChI=1S/C26H31Cl2N3O6/c1-3-22(26(33)29-18-7-5-4-6-8-18)30(15-17-9-11-20(27)21(28)13-17)25(32)16-37-19-10-12-23(31(34)35)24(14-19)36-2/h9-14,18,22H,3-8,15-16H2,1-2H3,(H,29,33)/t22-/m1/s1. The highest BCUT2D eigenvalue weighted by atomic mass is 35.5. The third-order valence-electron chi connectivity index (χ3n) is 6.38. The predicted molar refractivity (Wildman–Crippen MR) is 141 cm³/mol. The number of nitrogens with one attached hydrogen (secondary N) is 1. The molecule has 1 atom stereocenters. The van der Waals surface area contributed by atoms with Crippen molar-refractivity contribution in [3.05, 3.63) is 62.1 Å². The molecule has 37 heavy (non-hydrogen) atoms. The number of ether oxygens (including phenoxy) is 2. The molecule has 11 heteroatoms. The van der Waals surface area contributed by atoms with E-state index in [4.69, 9.17) is 32.7 Å². The zero-order chi connectivity index (χ0) is 26.9. The smallest absolute Gasteiger partial charge is 0.311 e. The third-order valence-corrected chi connectivity index (χ3v) is 7.12. The maximum Gasteiger partial charge on any atom is 0.311 e. The van der Waals surface area contributed by atoms with Crippen LogP contribution in [0.2, 0.25) is 10.0 Å². The highest BCUT2D eigenvalue weighted by Crippen LogP contribution is 2.31. The molecule has 9 nitrogen and oxygen atoms in total. The molecule has 0 heterocycles. The minimum atomic E-state index is -0.723. The van der Waals surface area contributed by atoms with Crippen LogP contribution in [0, 0.1) is 10.1 Å². The molecule has 1 saturated carbocycles. The lowest BCUT2D eigenvalue weighted by Crippen LogP contribution is -2.52. The molecule has 2 aromatic carbocycles. The summed E-state index contributed by atoms with van der Waals surface area (Å²) in [6, 6.07) is 8.43. The molecule has 0 bridgehead atoms. The van der Waals surface area contributed by atoms with Crippen molar-refractivity contribution >= 4 is 40.7 Å². The average Bonchev–Trinajstić information content (AvgIpc) is 2.89. The molecular formula is C26H31Cl2N3O6. The van der Waals surface area contributed by atoms with Crippen molar-refractivity contribution in [1.29, 1.82) is 0 Å². The molecular weight excluding hydrogens is 521 g/mol. The van der Waals surface area contributed by atoms with E-state index < -0.39 is 16.9 Å². The van der Waals surface area contributed by atoms with Gasteiger partial charge in [0.15, 0.2) is 6.61 Å². The first-order valence-electron chi connectivity index (χ1n) is 12.2. The highest BCUT2D eigenvalue weighted by Gasteiger charge is 2.31. The van der Waals surface area contributed by atoms with Crippen LogP contribution >= 0.6 is 23.2 Å². The summed E-state index contributed by atoms with van der Waals surface area (Å²) < 4.78 is 10.7. The number of hydrogen-bond donors (Lipinski definition) is 1. The number of nitro groups is 1. The molecule has 0 aliphatic heterocycles. The average molecular weight is 552 g/mol. The lowest BCUT2D eigenvalue weighted by atomic mass is 9.95. The third kappa shape index (κ3) is 7.72. The van der Waals surface area contributed by atoms with Gasteiger partial charge in [-0.2, -0.15) is 0 Å². The molecule has 1 N–H and O–H groups in total. The van der Waals surface area contributed by atoms with Crippen molar-refractivity contribution < 1.29 is 24.0 Å². The van der Waals surface area contributed by atoms with E-state index in [9.17, 15) is 19.7 Å². The van der Waals surface area contributed by atoms with Crippen molar-refractivity contribution in [3.63, 3.8) is 0 Å².